The molecule has 2 aromatic carbocycles. The zero-order chi connectivity index (χ0) is 22.7. The van der Waals surface area contributed by atoms with Crippen molar-refractivity contribution in [3.8, 4) is 0 Å². The lowest BCUT2D eigenvalue weighted by molar-refractivity contribution is -0.115. The second-order valence-electron chi connectivity index (χ2n) is 7.55. The number of carbonyl (C=O) groups excluding carboxylic acids is 2. The molecule has 0 aliphatic rings. The third-order valence-electron chi connectivity index (χ3n) is 3.74. The van der Waals surface area contributed by atoms with Crippen molar-refractivity contribution in [2.45, 2.75) is 44.6 Å². The summed E-state index contributed by atoms with van der Waals surface area (Å²) in [5.41, 5.74) is 0.0860. The summed E-state index contributed by atoms with van der Waals surface area (Å²) in [5, 5.41) is 5.55. The molecule has 0 atom stereocenters. The summed E-state index contributed by atoms with van der Waals surface area (Å²) in [6.45, 7) is 6.80. The van der Waals surface area contributed by atoms with Crippen LogP contribution in [0.2, 0.25) is 10.0 Å². The van der Waals surface area contributed by atoms with Crippen molar-refractivity contribution in [2.24, 2.45) is 0 Å². The van der Waals surface area contributed by atoms with Gasteiger partial charge in [-0.1, -0.05) is 30.1 Å². The highest BCUT2D eigenvalue weighted by molar-refractivity contribution is 7.89. The van der Waals surface area contributed by atoms with Gasteiger partial charge in [0.15, 0.2) is 0 Å². The van der Waals surface area contributed by atoms with E-state index in [1.165, 1.54) is 30.3 Å². The third-order valence-corrected chi connectivity index (χ3v) is 6.31. The van der Waals surface area contributed by atoms with Gasteiger partial charge in [-0.15, -0.1) is 0 Å². The van der Waals surface area contributed by atoms with Crippen molar-refractivity contribution in [2.75, 3.05) is 10.6 Å². The molecule has 162 valence electrons. The summed E-state index contributed by atoms with van der Waals surface area (Å²) >= 11 is 12.2. The molecule has 10 heteroatoms. The van der Waals surface area contributed by atoms with E-state index in [2.05, 4.69) is 15.4 Å². The lowest BCUT2D eigenvalue weighted by Gasteiger charge is -2.21. The number of nitrogens with one attached hydrogen (secondary N) is 3. The molecule has 7 nitrogen and oxygen atoms in total. The molecule has 2 amide bonds. The van der Waals surface area contributed by atoms with Crippen molar-refractivity contribution in [1.82, 2.24) is 4.72 Å². The van der Waals surface area contributed by atoms with Crippen LogP contribution in [0.15, 0.2) is 41.3 Å². The Morgan fingerprint density at radius 2 is 1.60 bits per heavy atom. The highest BCUT2D eigenvalue weighted by atomic mass is 35.5. The van der Waals surface area contributed by atoms with Crippen LogP contribution in [0.1, 0.15) is 44.5 Å². The predicted molar refractivity (Wildman–Crippen MR) is 120 cm³/mol. The molecule has 0 saturated heterocycles. The highest BCUT2D eigenvalue weighted by Gasteiger charge is 2.25. The number of benzene rings is 2. The summed E-state index contributed by atoms with van der Waals surface area (Å²) in [4.78, 5) is 24.1. The van der Waals surface area contributed by atoms with Crippen LogP contribution in [0.5, 0.6) is 0 Å². The van der Waals surface area contributed by atoms with Gasteiger partial charge in [0.25, 0.3) is 5.91 Å². The van der Waals surface area contributed by atoms with E-state index in [9.17, 15) is 18.0 Å². The van der Waals surface area contributed by atoms with Gasteiger partial charge >= 0.3 is 0 Å². The number of sulfonamides is 1. The maximum absolute atomic E-state index is 12.7. The maximum Gasteiger partial charge on any atom is 0.255 e. The molecule has 2 rings (SSSR count). The molecular formula is C20H23Cl2N3O4S. The number of amides is 2. The first-order valence-corrected chi connectivity index (χ1v) is 11.3. The van der Waals surface area contributed by atoms with Gasteiger partial charge in [0.2, 0.25) is 15.9 Å². The van der Waals surface area contributed by atoms with Crippen LogP contribution < -0.4 is 15.4 Å². The van der Waals surface area contributed by atoms with Crippen molar-refractivity contribution in [1.29, 1.82) is 0 Å². The van der Waals surface area contributed by atoms with Gasteiger partial charge < -0.3 is 10.6 Å². The normalized spacial score (nSPS) is 11.8. The zero-order valence-corrected chi connectivity index (χ0v) is 19.3. The molecule has 3 N–H and O–H groups in total. The first kappa shape index (κ1) is 24.1. The fourth-order valence-electron chi connectivity index (χ4n) is 2.45. The fourth-order valence-corrected chi connectivity index (χ4v) is 4.56. The fraction of sp³-hybridized carbons (Fsp3) is 0.300. The number of halogens is 2. The minimum Gasteiger partial charge on any atom is -0.326 e. The van der Waals surface area contributed by atoms with Crippen LogP contribution in [-0.2, 0) is 14.8 Å². The number of hydrogen-bond acceptors (Lipinski definition) is 4. The van der Waals surface area contributed by atoms with Gasteiger partial charge in [0.05, 0.1) is 15.7 Å². The Balaban J connectivity index is 2.33. The molecular weight excluding hydrogens is 449 g/mol. The van der Waals surface area contributed by atoms with Crippen molar-refractivity contribution in [3.05, 3.63) is 52.0 Å². The standard InChI is InChI=1S/C20H23Cl2N3O4S/c1-5-18(26)23-13-7-9-14(21)16(11-13)24-19(27)12-6-8-15(22)17(10-12)30(28,29)25-20(2,3)4/h6-11,25H,5H2,1-4H3,(H,23,26)(H,24,27). The summed E-state index contributed by atoms with van der Waals surface area (Å²) in [7, 11) is -3.94. The lowest BCUT2D eigenvalue weighted by atomic mass is 10.1. The number of hydrogen-bond donors (Lipinski definition) is 3. The second kappa shape index (κ2) is 9.34. The van der Waals surface area contributed by atoms with E-state index in [4.69, 9.17) is 23.2 Å². The lowest BCUT2D eigenvalue weighted by Crippen LogP contribution is -2.40. The molecule has 0 radical (unpaired) electrons. The van der Waals surface area contributed by atoms with Gasteiger partial charge in [-0.2, -0.15) is 0 Å². The molecule has 0 aliphatic carbocycles. The topological polar surface area (TPSA) is 104 Å². The van der Waals surface area contributed by atoms with Gasteiger partial charge in [0, 0.05) is 23.2 Å². The Morgan fingerprint density at radius 3 is 2.20 bits per heavy atom. The molecule has 0 aliphatic heterocycles. The molecule has 0 heterocycles. The quantitative estimate of drug-likeness (QED) is 0.568. The summed E-state index contributed by atoms with van der Waals surface area (Å²) < 4.78 is 27.8. The first-order valence-electron chi connectivity index (χ1n) is 9.06. The minimum absolute atomic E-state index is 0.00870. The Kier molecular flexibility index (Phi) is 7.52. The van der Waals surface area contributed by atoms with E-state index in [1.54, 1.807) is 33.8 Å². The van der Waals surface area contributed by atoms with Crippen molar-refractivity contribution in [3.63, 3.8) is 0 Å². The van der Waals surface area contributed by atoms with Crippen LogP contribution in [0.4, 0.5) is 11.4 Å². The molecule has 0 aromatic heterocycles. The van der Waals surface area contributed by atoms with Crippen LogP contribution >= 0.6 is 23.2 Å². The summed E-state index contributed by atoms with van der Waals surface area (Å²) in [6, 6.07) is 8.60. The van der Waals surface area contributed by atoms with E-state index in [-0.39, 0.29) is 32.1 Å². The smallest absolute Gasteiger partial charge is 0.255 e. The Morgan fingerprint density at radius 1 is 0.967 bits per heavy atom. The molecule has 0 spiro atoms. The van der Waals surface area contributed by atoms with E-state index in [1.807, 2.05) is 0 Å². The molecule has 0 unspecified atom stereocenters. The average Bonchev–Trinajstić information content (AvgIpc) is 2.62. The summed E-state index contributed by atoms with van der Waals surface area (Å²) in [5.74, 6) is -0.770. The predicted octanol–water partition coefficient (Wildman–Crippen LogP) is 4.67. The van der Waals surface area contributed by atoms with Crippen molar-refractivity contribution < 1.29 is 18.0 Å². The van der Waals surface area contributed by atoms with Crippen LogP contribution in [0.3, 0.4) is 0 Å². The van der Waals surface area contributed by atoms with Crippen LogP contribution in [-0.4, -0.2) is 25.8 Å². The summed E-state index contributed by atoms with van der Waals surface area (Å²) in [6.07, 6.45) is 0.301. The highest BCUT2D eigenvalue weighted by Crippen LogP contribution is 2.28. The SMILES string of the molecule is CCC(=O)Nc1ccc(Cl)c(NC(=O)c2ccc(Cl)c(S(=O)(=O)NC(C)(C)C)c2)c1. The average molecular weight is 472 g/mol. The van der Waals surface area contributed by atoms with Gasteiger partial charge in [0.1, 0.15) is 4.90 Å². The number of anilines is 2. The first-order chi connectivity index (χ1) is 13.8. The molecule has 2 aromatic rings. The molecule has 0 bridgehead atoms. The second-order valence-corrected chi connectivity index (χ2v) is 10.0. The Labute approximate surface area is 186 Å². The molecule has 0 fully saturated rings. The number of carbonyl (C=O) groups is 2. The molecule has 0 saturated carbocycles. The van der Waals surface area contributed by atoms with Crippen LogP contribution in [0.25, 0.3) is 0 Å². The zero-order valence-electron chi connectivity index (χ0n) is 17.0. The minimum atomic E-state index is -3.94. The third kappa shape index (κ3) is 6.43. The Hall–Kier alpha value is -2.13. The van der Waals surface area contributed by atoms with E-state index < -0.39 is 21.5 Å². The van der Waals surface area contributed by atoms with Gasteiger partial charge in [-0.3, -0.25) is 9.59 Å². The van der Waals surface area contributed by atoms with E-state index in [0.29, 0.717) is 12.1 Å². The van der Waals surface area contributed by atoms with Crippen LogP contribution in [0, 0.1) is 0 Å². The number of rotatable bonds is 6. The monoisotopic (exact) mass is 471 g/mol. The van der Waals surface area contributed by atoms with Gasteiger partial charge in [-0.05, 0) is 57.2 Å². The van der Waals surface area contributed by atoms with Crippen molar-refractivity contribution >= 4 is 56.4 Å². The maximum atomic E-state index is 12.7. The Bertz CT molecular complexity index is 1080. The van der Waals surface area contributed by atoms with Gasteiger partial charge in [-0.25, -0.2) is 13.1 Å². The van der Waals surface area contributed by atoms with E-state index >= 15 is 0 Å². The molecule has 30 heavy (non-hydrogen) atoms. The largest absolute Gasteiger partial charge is 0.326 e. The van der Waals surface area contributed by atoms with E-state index in [0.717, 1.165) is 0 Å².